The molecular formula is C30H36F2N2O4. The lowest BCUT2D eigenvalue weighted by molar-refractivity contribution is -0.137. The van der Waals surface area contributed by atoms with Crippen molar-refractivity contribution in [1.82, 2.24) is 0 Å². The number of nitrogens with zero attached hydrogens (tertiary/aromatic N) is 1. The van der Waals surface area contributed by atoms with Crippen molar-refractivity contribution in [2.24, 2.45) is 10.9 Å². The number of aliphatic carboxylic acids is 1. The molecule has 0 aliphatic heterocycles. The molecule has 1 atom stereocenters. The fourth-order valence-corrected chi connectivity index (χ4v) is 3.87. The topological polar surface area (TPSA) is 88.0 Å². The lowest BCUT2D eigenvalue weighted by Crippen LogP contribution is -2.16. The molecule has 0 fully saturated rings. The normalized spacial score (nSPS) is 13.0. The number of halogens is 2. The van der Waals surface area contributed by atoms with Crippen LogP contribution in [0.1, 0.15) is 62.7 Å². The van der Waals surface area contributed by atoms with Crippen LogP contribution in [0.25, 0.3) is 11.1 Å². The van der Waals surface area contributed by atoms with Gasteiger partial charge in [-0.1, -0.05) is 63.1 Å². The summed E-state index contributed by atoms with van der Waals surface area (Å²) in [5.74, 6) is -1.45. The molecule has 0 bridgehead atoms. The molecule has 0 saturated carbocycles. The third-order valence-electron chi connectivity index (χ3n) is 5.89. The number of carbonyl (C=O) groups is 2. The van der Waals surface area contributed by atoms with Crippen LogP contribution in [-0.4, -0.2) is 36.6 Å². The smallest absolute Gasteiger partial charge is 0.303 e. The summed E-state index contributed by atoms with van der Waals surface area (Å²) >= 11 is 0. The zero-order valence-electron chi connectivity index (χ0n) is 22.2. The predicted molar refractivity (Wildman–Crippen MR) is 148 cm³/mol. The highest BCUT2D eigenvalue weighted by molar-refractivity contribution is 5.98. The number of benzene rings is 2. The second-order valence-electron chi connectivity index (χ2n) is 8.74. The molecule has 204 valence electrons. The van der Waals surface area contributed by atoms with Crippen molar-refractivity contribution in [3.05, 3.63) is 77.8 Å². The number of hydrogen-bond acceptors (Lipinski definition) is 4. The number of carbonyl (C=O) groups excluding carboxylic acids is 1. The number of ether oxygens (including phenoxy) is 1. The molecule has 2 aromatic rings. The lowest BCUT2D eigenvalue weighted by atomic mass is 9.88. The molecule has 38 heavy (non-hydrogen) atoms. The van der Waals surface area contributed by atoms with E-state index in [1.165, 1.54) is 25.3 Å². The minimum Gasteiger partial charge on any atom is -0.481 e. The Labute approximate surface area is 223 Å². The number of alkyl halides is 1. The van der Waals surface area contributed by atoms with Gasteiger partial charge in [0.15, 0.2) is 5.78 Å². The summed E-state index contributed by atoms with van der Waals surface area (Å²) in [6, 6.07) is 11.6. The van der Waals surface area contributed by atoms with Crippen LogP contribution in [0.2, 0.25) is 0 Å². The molecule has 0 amide bonds. The first-order chi connectivity index (χ1) is 18.3. The van der Waals surface area contributed by atoms with E-state index in [1.807, 2.05) is 13.8 Å². The van der Waals surface area contributed by atoms with Crippen molar-refractivity contribution < 1.29 is 28.2 Å². The van der Waals surface area contributed by atoms with Crippen LogP contribution in [0.5, 0.6) is 0 Å². The van der Waals surface area contributed by atoms with Gasteiger partial charge in [0.05, 0.1) is 5.69 Å². The van der Waals surface area contributed by atoms with Crippen LogP contribution in [0.15, 0.2) is 71.4 Å². The molecule has 6 nitrogen and oxygen atoms in total. The Hall–Kier alpha value is -3.81. The van der Waals surface area contributed by atoms with Gasteiger partial charge < -0.3 is 15.2 Å². The Morgan fingerprint density at radius 1 is 1.11 bits per heavy atom. The van der Waals surface area contributed by atoms with Crippen molar-refractivity contribution in [3.63, 3.8) is 0 Å². The molecule has 2 N–H and O–H groups in total. The average molecular weight is 527 g/mol. The van der Waals surface area contributed by atoms with Crippen molar-refractivity contribution in [3.8, 4) is 11.1 Å². The number of unbranched alkanes of at least 4 members (excludes halogenated alkanes) is 1. The number of amidine groups is 1. The van der Waals surface area contributed by atoms with E-state index in [0.717, 1.165) is 18.4 Å². The fraction of sp³-hybridized carbons (Fsp3) is 0.367. The first-order valence-corrected chi connectivity index (χ1v) is 12.8. The summed E-state index contributed by atoms with van der Waals surface area (Å²) in [7, 11) is 1.49. The van der Waals surface area contributed by atoms with Crippen LogP contribution >= 0.6 is 0 Å². The second-order valence-corrected chi connectivity index (χ2v) is 8.74. The Bertz CT molecular complexity index is 1160. The maximum atomic E-state index is 14.9. The van der Waals surface area contributed by atoms with Crippen molar-refractivity contribution in [1.29, 1.82) is 0 Å². The van der Waals surface area contributed by atoms with Crippen molar-refractivity contribution in [2.75, 3.05) is 19.0 Å². The highest BCUT2D eigenvalue weighted by Crippen LogP contribution is 2.27. The molecule has 0 spiro atoms. The van der Waals surface area contributed by atoms with E-state index in [4.69, 9.17) is 9.84 Å². The Morgan fingerprint density at radius 3 is 2.39 bits per heavy atom. The molecule has 0 aliphatic carbocycles. The van der Waals surface area contributed by atoms with Gasteiger partial charge in [0.1, 0.15) is 18.3 Å². The van der Waals surface area contributed by atoms with E-state index in [-0.39, 0.29) is 29.8 Å². The standard InChI is InChI=1S/C30H36F2N2O4/c1-4-6-9-22(16-18-28(35)36)29(37)23-13-11-21(12-14-23)24-15-17-27(26(32)20-24)34-30(33-3)38-25(8-5-2)10-7-19-31/h7-8,10-15,17,20,22H,4-6,9,16,18-19H2,1-3H3,(H,33,34)(H,35,36)/b10-7-,25-8+. The van der Waals surface area contributed by atoms with Gasteiger partial charge in [-0.25, -0.2) is 13.8 Å². The number of allylic oxidation sites excluding steroid dienone is 3. The van der Waals surface area contributed by atoms with Crippen LogP contribution in [-0.2, 0) is 9.53 Å². The van der Waals surface area contributed by atoms with Gasteiger partial charge in [-0.3, -0.25) is 9.59 Å². The zero-order valence-corrected chi connectivity index (χ0v) is 22.2. The summed E-state index contributed by atoms with van der Waals surface area (Å²) in [5.41, 5.74) is 2.02. The van der Waals surface area contributed by atoms with E-state index >= 15 is 0 Å². The predicted octanol–water partition coefficient (Wildman–Crippen LogP) is 7.58. The van der Waals surface area contributed by atoms with Crippen molar-refractivity contribution in [2.45, 2.75) is 52.4 Å². The molecule has 2 rings (SSSR count). The third kappa shape index (κ3) is 9.57. The molecule has 0 saturated heterocycles. The highest BCUT2D eigenvalue weighted by atomic mass is 19.1. The van der Waals surface area contributed by atoms with E-state index in [2.05, 4.69) is 10.3 Å². The number of anilines is 1. The number of ketones is 1. The fourth-order valence-electron chi connectivity index (χ4n) is 3.87. The van der Waals surface area contributed by atoms with E-state index < -0.39 is 18.5 Å². The van der Waals surface area contributed by atoms with E-state index in [1.54, 1.807) is 42.5 Å². The summed E-state index contributed by atoms with van der Waals surface area (Å²) < 4.78 is 33.1. The Morgan fingerprint density at radius 2 is 1.82 bits per heavy atom. The maximum absolute atomic E-state index is 14.9. The number of aliphatic imine (C=N–C) groups is 1. The quantitative estimate of drug-likeness (QED) is 0.0871. The average Bonchev–Trinajstić information content (AvgIpc) is 2.92. The number of carboxylic acids is 1. The highest BCUT2D eigenvalue weighted by Gasteiger charge is 2.21. The molecule has 1 unspecified atom stereocenters. The minimum atomic E-state index is -0.912. The van der Waals surface area contributed by atoms with Gasteiger partial charge in [-0.05, 0) is 54.7 Å². The first kappa shape index (κ1) is 30.4. The maximum Gasteiger partial charge on any atom is 0.303 e. The Balaban J connectivity index is 2.15. The molecular weight excluding hydrogens is 490 g/mol. The van der Waals surface area contributed by atoms with Gasteiger partial charge in [-0.2, -0.15) is 0 Å². The van der Waals surface area contributed by atoms with Crippen LogP contribution in [0.4, 0.5) is 14.5 Å². The summed E-state index contributed by atoms with van der Waals surface area (Å²) in [5, 5.41) is 11.8. The van der Waals surface area contributed by atoms with E-state index in [0.29, 0.717) is 36.1 Å². The number of Topliss-reactive ketones (excluding diaryl/α,β-unsaturated/α-hetero) is 1. The van der Waals surface area contributed by atoms with Gasteiger partial charge in [-0.15, -0.1) is 0 Å². The number of carboxylic acid groups (broad SMARTS) is 1. The van der Waals surface area contributed by atoms with Crippen LogP contribution < -0.4 is 5.32 Å². The summed E-state index contributed by atoms with van der Waals surface area (Å²) in [6.07, 6.45) is 7.92. The number of rotatable bonds is 14. The monoisotopic (exact) mass is 526 g/mol. The largest absolute Gasteiger partial charge is 0.481 e. The van der Waals surface area contributed by atoms with Gasteiger partial charge >= 0.3 is 5.97 Å². The molecule has 0 aliphatic rings. The zero-order chi connectivity index (χ0) is 27.9. The third-order valence-corrected chi connectivity index (χ3v) is 5.89. The van der Waals surface area contributed by atoms with Gasteiger partial charge in [0.2, 0.25) is 0 Å². The number of nitrogens with one attached hydrogen (secondary N) is 1. The molecule has 8 heteroatoms. The number of hydrogen-bond donors (Lipinski definition) is 2. The second kappa shape index (κ2) is 16.1. The first-order valence-electron chi connectivity index (χ1n) is 12.8. The SMILES string of the molecule is CC/C=C(\C=C/CF)OC(=NC)Nc1ccc(-c2ccc(C(=O)C(CCCC)CCC(=O)O)cc2)cc1F. The summed E-state index contributed by atoms with van der Waals surface area (Å²) in [6.45, 7) is 3.31. The molecule has 0 radical (unpaired) electrons. The molecule has 0 heterocycles. The van der Waals surface area contributed by atoms with Crippen LogP contribution in [0, 0.1) is 11.7 Å². The Kier molecular flexibility index (Phi) is 12.9. The van der Waals surface area contributed by atoms with Crippen LogP contribution in [0.3, 0.4) is 0 Å². The molecule has 0 aromatic heterocycles. The minimum absolute atomic E-state index is 0.0438. The molecule has 2 aromatic carbocycles. The van der Waals surface area contributed by atoms with Gasteiger partial charge in [0.25, 0.3) is 6.02 Å². The lowest BCUT2D eigenvalue weighted by Gasteiger charge is -2.15. The van der Waals surface area contributed by atoms with E-state index in [9.17, 15) is 18.4 Å². The summed E-state index contributed by atoms with van der Waals surface area (Å²) in [4.78, 5) is 28.0. The van der Waals surface area contributed by atoms with Crippen molar-refractivity contribution >= 4 is 23.5 Å². The van der Waals surface area contributed by atoms with Gasteiger partial charge in [0, 0.05) is 24.9 Å².